The summed E-state index contributed by atoms with van der Waals surface area (Å²) in [6.07, 6.45) is 3.30. The largest absolute Gasteiger partial charge is 0.510 e. The van der Waals surface area contributed by atoms with Gasteiger partial charge in [0.05, 0.1) is 12.1 Å². The molecule has 198 valence electrons. The van der Waals surface area contributed by atoms with Crippen molar-refractivity contribution in [3.8, 4) is 0 Å². The Bertz CT molecular complexity index is 947. The highest BCUT2D eigenvalue weighted by Gasteiger charge is 2.44. The number of carbonyl (C=O) groups excluding carboxylic acids is 2. The molecule has 5 unspecified atom stereocenters. The van der Waals surface area contributed by atoms with Crippen molar-refractivity contribution in [1.82, 2.24) is 10.6 Å². The second kappa shape index (κ2) is 12.3. The van der Waals surface area contributed by atoms with E-state index in [1.165, 1.54) is 0 Å². The van der Waals surface area contributed by atoms with Crippen molar-refractivity contribution in [2.75, 3.05) is 0 Å². The first-order valence-electron chi connectivity index (χ1n) is 12.7. The van der Waals surface area contributed by atoms with Gasteiger partial charge in [0.15, 0.2) is 12.0 Å². The third-order valence-corrected chi connectivity index (χ3v) is 7.28. The minimum Gasteiger partial charge on any atom is -0.480 e. The van der Waals surface area contributed by atoms with Crippen molar-refractivity contribution in [2.24, 2.45) is 11.8 Å². The first kappa shape index (κ1) is 28.2. The highest BCUT2D eigenvalue weighted by Crippen LogP contribution is 2.39. The number of Topliss-reactive ketones (excluding diaryl/α,β-unsaturated/α-hetero) is 1. The molecule has 3 rings (SSSR count). The van der Waals surface area contributed by atoms with Crippen molar-refractivity contribution in [1.29, 1.82) is 0 Å². The van der Waals surface area contributed by atoms with E-state index in [-0.39, 0.29) is 24.0 Å². The highest BCUT2D eigenvalue weighted by molar-refractivity contribution is 7.80. The number of carbonyl (C=O) groups is 3. The number of hydrogen-bond donors (Lipinski definition) is 3. The standard InChI is InChI=1S/C27H38N2O6S/c1-16(28-20(25(31)32)15-21(36)17-10-6-5-7-11-17)24(30)23-19-13-9-8-12-18(19)14-22(29-23)34-26(33)35-27(2,3)4/h5-7,10-11,16,18-20,22-23,28-29H,8-9,12-15H2,1-4H3,(H,31,32)/t16-,18?,19?,20?,22?,23?/m0/s1. The first-order chi connectivity index (χ1) is 16.9. The smallest absolute Gasteiger partial charge is 0.480 e. The van der Waals surface area contributed by atoms with Crippen LogP contribution in [-0.2, 0) is 19.1 Å². The molecule has 0 radical (unpaired) electrons. The van der Waals surface area contributed by atoms with Gasteiger partial charge >= 0.3 is 12.1 Å². The Morgan fingerprint density at radius 1 is 1.17 bits per heavy atom. The Morgan fingerprint density at radius 2 is 1.83 bits per heavy atom. The maximum atomic E-state index is 13.6. The number of hydrogen-bond acceptors (Lipinski definition) is 8. The van der Waals surface area contributed by atoms with E-state index in [1.54, 1.807) is 27.7 Å². The lowest BCUT2D eigenvalue weighted by atomic mass is 9.69. The molecule has 0 amide bonds. The second-order valence-corrected chi connectivity index (χ2v) is 11.3. The Hall–Kier alpha value is -2.36. The van der Waals surface area contributed by atoms with E-state index in [4.69, 9.17) is 21.7 Å². The van der Waals surface area contributed by atoms with Gasteiger partial charge in [-0.05, 0) is 57.9 Å². The van der Waals surface area contributed by atoms with Gasteiger partial charge in [-0.1, -0.05) is 55.4 Å². The molecule has 0 spiro atoms. The molecular weight excluding hydrogens is 480 g/mol. The number of fused-ring (bicyclic) bond motifs is 1. The van der Waals surface area contributed by atoms with Crippen LogP contribution in [0.4, 0.5) is 4.79 Å². The van der Waals surface area contributed by atoms with Crippen LogP contribution in [0.5, 0.6) is 0 Å². The van der Waals surface area contributed by atoms with E-state index >= 15 is 0 Å². The molecule has 1 aromatic carbocycles. The molecule has 1 aliphatic carbocycles. The van der Waals surface area contributed by atoms with Crippen molar-refractivity contribution < 1.29 is 29.0 Å². The van der Waals surface area contributed by atoms with E-state index in [0.29, 0.717) is 11.3 Å². The number of aliphatic carboxylic acids is 1. The normalized spacial score (nSPS) is 25.7. The zero-order valence-corrected chi connectivity index (χ0v) is 22.3. The maximum absolute atomic E-state index is 13.6. The quantitative estimate of drug-likeness (QED) is 0.251. The average Bonchev–Trinajstić information content (AvgIpc) is 2.81. The van der Waals surface area contributed by atoms with Crippen molar-refractivity contribution in [2.45, 2.75) is 96.2 Å². The van der Waals surface area contributed by atoms with Gasteiger partial charge in [0.25, 0.3) is 0 Å². The zero-order chi connectivity index (χ0) is 26.5. The molecule has 6 atom stereocenters. The molecule has 0 bridgehead atoms. The van der Waals surface area contributed by atoms with E-state index in [0.717, 1.165) is 31.2 Å². The van der Waals surface area contributed by atoms with Gasteiger partial charge in [0, 0.05) is 17.7 Å². The van der Waals surface area contributed by atoms with Crippen LogP contribution in [0.15, 0.2) is 30.3 Å². The van der Waals surface area contributed by atoms with E-state index in [2.05, 4.69) is 10.6 Å². The fourth-order valence-corrected chi connectivity index (χ4v) is 5.50. The van der Waals surface area contributed by atoms with Gasteiger partial charge in [0.1, 0.15) is 11.6 Å². The molecule has 1 heterocycles. The molecule has 2 aliphatic rings. The molecule has 0 aromatic heterocycles. The fraction of sp³-hybridized carbons (Fsp3) is 0.630. The number of benzene rings is 1. The molecule has 3 N–H and O–H groups in total. The van der Waals surface area contributed by atoms with Gasteiger partial charge in [-0.25, -0.2) is 4.79 Å². The number of carboxylic acid groups (broad SMARTS) is 1. The Morgan fingerprint density at radius 3 is 2.47 bits per heavy atom. The zero-order valence-electron chi connectivity index (χ0n) is 21.5. The molecular formula is C27H38N2O6S. The van der Waals surface area contributed by atoms with Crippen molar-refractivity contribution in [3.05, 3.63) is 35.9 Å². The van der Waals surface area contributed by atoms with E-state index in [1.807, 2.05) is 30.3 Å². The van der Waals surface area contributed by atoms with Gasteiger partial charge < -0.3 is 14.6 Å². The van der Waals surface area contributed by atoms with Crippen LogP contribution in [0.2, 0.25) is 0 Å². The molecule has 1 aliphatic heterocycles. The number of piperidine rings is 1. The fourth-order valence-electron chi connectivity index (χ4n) is 5.20. The number of carboxylic acids is 1. The summed E-state index contributed by atoms with van der Waals surface area (Å²) < 4.78 is 10.8. The predicted molar refractivity (Wildman–Crippen MR) is 140 cm³/mol. The summed E-state index contributed by atoms with van der Waals surface area (Å²) in [5.41, 5.74) is 0.111. The average molecular weight is 519 g/mol. The number of rotatable bonds is 9. The van der Waals surface area contributed by atoms with Crippen LogP contribution < -0.4 is 10.6 Å². The topological polar surface area (TPSA) is 114 Å². The van der Waals surface area contributed by atoms with Crippen LogP contribution in [-0.4, -0.2) is 57.8 Å². The Labute approximate surface area is 218 Å². The van der Waals surface area contributed by atoms with Crippen LogP contribution in [0.25, 0.3) is 0 Å². The lowest BCUT2D eigenvalue weighted by Crippen LogP contribution is -2.61. The van der Waals surface area contributed by atoms with Crippen LogP contribution in [0.3, 0.4) is 0 Å². The lowest BCUT2D eigenvalue weighted by Gasteiger charge is -2.45. The summed E-state index contributed by atoms with van der Waals surface area (Å²) in [5.74, 6) is -0.843. The highest BCUT2D eigenvalue weighted by atomic mass is 32.1. The van der Waals surface area contributed by atoms with E-state index in [9.17, 15) is 19.5 Å². The summed E-state index contributed by atoms with van der Waals surface area (Å²) in [4.78, 5) is 38.4. The SMILES string of the molecule is C[C@H](NC(CC(=S)c1ccccc1)C(=O)O)C(=O)C1NC(OC(=O)OC(C)(C)C)CC2CCCCC21. The summed E-state index contributed by atoms with van der Waals surface area (Å²) in [7, 11) is 0. The molecule has 1 aromatic rings. The summed E-state index contributed by atoms with van der Waals surface area (Å²) >= 11 is 5.47. The number of thiocarbonyl (C=S) groups is 1. The van der Waals surface area contributed by atoms with Crippen molar-refractivity contribution >= 4 is 35.0 Å². The second-order valence-electron chi connectivity index (χ2n) is 10.8. The Kier molecular flexibility index (Phi) is 9.60. The molecule has 9 heteroatoms. The third kappa shape index (κ3) is 7.82. The molecule has 8 nitrogen and oxygen atoms in total. The summed E-state index contributed by atoms with van der Waals surface area (Å²) in [6.45, 7) is 6.98. The van der Waals surface area contributed by atoms with Gasteiger partial charge in [-0.15, -0.1) is 0 Å². The first-order valence-corrected chi connectivity index (χ1v) is 13.1. The van der Waals surface area contributed by atoms with Gasteiger partial charge in [0.2, 0.25) is 0 Å². The maximum Gasteiger partial charge on any atom is 0.510 e. The molecule has 1 saturated carbocycles. The number of ketones is 1. The minimum absolute atomic E-state index is 0.0980. The van der Waals surface area contributed by atoms with Gasteiger partial charge in [-0.3, -0.25) is 20.2 Å². The van der Waals surface area contributed by atoms with Gasteiger partial charge in [-0.2, -0.15) is 0 Å². The van der Waals surface area contributed by atoms with Crippen LogP contribution in [0.1, 0.15) is 71.8 Å². The molecule has 2 fully saturated rings. The number of ether oxygens (including phenoxy) is 2. The predicted octanol–water partition coefficient (Wildman–Crippen LogP) is 4.24. The van der Waals surface area contributed by atoms with Crippen LogP contribution in [0, 0.1) is 11.8 Å². The molecule has 1 saturated heterocycles. The van der Waals surface area contributed by atoms with E-state index < -0.39 is 42.1 Å². The monoisotopic (exact) mass is 518 g/mol. The Balaban J connectivity index is 1.68. The molecule has 36 heavy (non-hydrogen) atoms. The third-order valence-electron chi connectivity index (χ3n) is 6.87. The number of nitrogens with one attached hydrogen (secondary N) is 2. The lowest BCUT2D eigenvalue weighted by molar-refractivity contribution is -0.140. The summed E-state index contributed by atoms with van der Waals surface area (Å²) in [5, 5.41) is 16.0. The van der Waals surface area contributed by atoms with Crippen molar-refractivity contribution in [3.63, 3.8) is 0 Å². The minimum atomic E-state index is -1.06. The van der Waals surface area contributed by atoms with Crippen LogP contribution >= 0.6 is 12.2 Å². The summed E-state index contributed by atoms with van der Waals surface area (Å²) in [6, 6.07) is 6.97.